The summed E-state index contributed by atoms with van der Waals surface area (Å²) in [5.74, 6) is -0.139. The SMILES string of the molecule is O=C(NC1CCCCNC1=O)C1CCCN(c2nc3ccccc3s2)C1. The predicted molar refractivity (Wildman–Crippen MR) is 103 cm³/mol. The molecule has 2 N–H and O–H groups in total. The number of aromatic nitrogens is 1. The van der Waals surface area contributed by atoms with Gasteiger partial charge < -0.3 is 15.5 Å². The zero-order chi connectivity index (χ0) is 17.9. The fraction of sp³-hybridized carbons (Fsp3) is 0.526. The van der Waals surface area contributed by atoms with Crippen molar-refractivity contribution >= 4 is 38.5 Å². The molecule has 1 aromatic heterocycles. The lowest BCUT2D eigenvalue weighted by atomic mass is 9.96. The van der Waals surface area contributed by atoms with Gasteiger partial charge in [-0.05, 0) is 44.2 Å². The van der Waals surface area contributed by atoms with E-state index in [1.807, 2.05) is 18.2 Å². The van der Waals surface area contributed by atoms with Gasteiger partial charge in [0.25, 0.3) is 0 Å². The summed E-state index contributed by atoms with van der Waals surface area (Å²) in [4.78, 5) is 31.7. The molecule has 0 spiro atoms. The fourth-order valence-electron chi connectivity index (χ4n) is 3.73. The van der Waals surface area contributed by atoms with Crippen molar-refractivity contribution in [2.24, 2.45) is 5.92 Å². The predicted octanol–water partition coefficient (Wildman–Crippen LogP) is 2.30. The molecule has 2 fully saturated rings. The third-order valence-electron chi connectivity index (χ3n) is 5.20. The Morgan fingerprint density at radius 3 is 3.00 bits per heavy atom. The number of carbonyl (C=O) groups excluding carboxylic acids is 2. The quantitative estimate of drug-likeness (QED) is 0.867. The maximum absolute atomic E-state index is 12.7. The molecule has 2 atom stereocenters. The molecule has 2 aliphatic rings. The first-order chi connectivity index (χ1) is 12.7. The van der Waals surface area contributed by atoms with Gasteiger partial charge in [0.15, 0.2) is 5.13 Å². The van der Waals surface area contributed by atoms with Gasteiger partial charge in [0.05, 0.1) is 16.1 Å². The van der Waals surface area contributed by atoms with Crippen molar-refractivity contribution in [3.63, 3.8) is 0 Å². The first-order valence-corrected chi connectivity index (χ1v) is 10.2. The molecule has 1 aromatic carbocycles. The van der Waals surface area contributed by atoms with Crippen molar-refractivity contribution in [3.05, 3.63) is 24.3 Å². The van der Waals surface area contributed by atoms with Crippen LogP contribution in [0.3, 0.4) is 0 Å². The second kappa shape index (κ2) is 7.61. The van der Waals surface area contributed by atoms with E-state index in [2.05, 4.69) is 21.6 Å². The van der Waals surface area contributed by atoms with Crippen LogP contribution in [0.25, 0.3) is 10.2 Å². The zero-order valence-electron chi connectivity index (χ0n) is 14.7. The molecule has 2 unspecified atom stereocenters. The molecule has 2 aliphatic heterocycles. The average Bonchev–Trinajstić information content (AvgIpc) is 3.01. The summed E-state index contributed by atoms with van der Waals surface area (Å²) < 4.78 is 1.17. The van der Waals surface area contributed by atoms with Crippen LogP contribution in [0.5, 0.6) is 0 Å². The highest BCUT2D eigenvalue weighted by atomic mass is 32.1. The van der Waals surface area contributed by atoms with Crippen LogP contribution in [0.1, 0.15) is 32.1 Å². The minimum Gasteiger partial charge on any atom is -0.354 e. The lowest BCUT2D eigenvalue weighted by molar-refractivity contribution is -0.131. The normalized spacial score (nSPS) is 24.2. The number of carbonyl (C=O) groups is 2. The van der Waals surface area contributed by atoms with Gasteiger partial charge in [0, 0.05) is 19.6 Å². The van der Waals surface area contributed by atoms with Crippen molar-refractivity contribution < 1.29 is 9.59 Å². The number of nitrogens with one attached hydrogen (secondary N) is 2. The number of thiazole rings is 1. The summed E-state index contributed by atoms with van der Waals surface area (Å²) in [6.07, 6.45) is 4.50. The number of hydrogen-bond acceptors (Lipinski definition) is 5. The molecule has 3 heterocycles. The number of amides is 2. The Morgan fingerprint density at radius 2 is 2.12 bits per heavy atom. The first-order valence-electron chi connectivity index (χ1n) is 9.39. The van der Waals surface area contributed by atoms with Gasteiger partial charge in [-0.1, -0.05) is 23.5 Å². The van der Waals surface area contributed by atoms with E-state index in [0.717, 1.165) is 49.3 Å². The lowest BCUT2D eigenvalue weighted by Gasteiger charge is -2.32. The minimum absolute atomic E-state index is 0.00198. The third kappa shape index (κ3) is 3.67. The highest BCUT2D eigenvalue weighted by Gasteiger charge is 2.30. The van der Waals surface area contributed by atoms with Gasteiger partial charge in [-0.2, -0.15) is 0 Å². The number of nitrogens with zero attached hydrogens (tertiary/aromatic N) is 2. The van der Waals surface area contributed by atoms with Gasteiger partial charge in [0.1, 0.15) is 6.04 Å². The van der Waals surface area contributed by atoms with Crippen LogP contribution in [-0.2, 0) is 9.59 Å². The minimum atomic E-state index is -0.386. The molecule has 2 amide bonds. The molecule has 0 bridgehead atoms. The summed E-state index contributed by atoms with van der Waals surface area (Å²) in [5, 5.41) is 6.84. The smallest absolute Gasteiger partial charge is 0.242 e. The second-order valence-electron chi connectivity index (χ2n) is 7.10. The topological polar surface area (TPSA) is 74.3 Å². The van der Waals surface area contributed by atoms with Crippen molar-refractivity contribution in [2.45, 2.75) is 38.1 Å². The van der Waals surface area contributed by atoms with Crippen LogP contribution >= 0.6 is 11.3 Å². The third-order valence-corrected chi connectivity index (χ3v) is 6.29. The van der Waals surface area contributed by atoms with E-state index in [4.69, 9.17) is 4.98 Å². The highest BCUT2D eigenvalue weighted by Crippen LogP contribution is 2.31. The molecule has 138 valence electrons. The van der Waals surface area contributed by atoms with E-state index < -0.39 is 0 Å². The van der Waals surface area contributed by atoms with Crippen molar-refractivity contribution in [2.75, 3.05) is 24.5 Å². The van der Waals surface area contributed by atoms with Gasteiger partial charge >= 0.3 is 0 Å². The Morgan fingerprint density at radius 1 is 1.23 bits per heavy atom. The van der Waals surface area contributed by atoms with E-state index in [-0.39, 0.29) is 23.8 Å². The van der Waals surface area contributed by atoms with Crippen molar-refractivity contribution in [3.8, 4) is 0 Å². The molecule has 6 nitrogen and oxygen atoms in total. The van der Waals surface area contributed by atoms with Crippen LogP contribution < -0.4 is 15.5 Å². The summed E-state index contributed by atoms with van der Waals surface area (Å²) in [6, 6.07) is 7.73. The molecule has 2 aromatic rings. The lowest BCUT2D eigenvalue weighted by Crippen LogP contribution is -2.50. The van der Waals surface area contributed by atoms with Crippen molar-refractivity contribution in [1.82, 2.24) is 15.6 Å². The highest BCUT2D eigenvalue weighted by molar-refractivity contribution is 7.22. The number of benzene rings is 1. The number of hydrogen-bond donors (Lipinski definition) is 2. The number of anilines is 1. The largest absolute Gasteiger partial charge is 0.354 e. The van der Waals surface area contributed by atoms with Crippen LogP contribution in [0.4, 0.5) is 5.13 Å². The Bertz CT molecular complexity index is 773. The van der Waals surface area contributed by atoms with Gasteiger partial charge in [0.2, 0.25) is 11.8 Å². The van der Waals surface area contributed by atoms with E-state index >= 15 is 0 Å². The van der Waals surface area contributed by atoms with Crippen molar-refractivity contribution in [1.29, 1.82) is 0 Å². The molecule has 2 saturated heterocycles. The summed E-state index contributed by atoms with van der Waals surface area (Å²) >= 11 is 1.68. The summed E-state index contributed by atoms with van der Waals surface area (Å²) in [5.41, 5.74) is 1.01. The Kier molecular flexibility index (Phi) is 5.06. The summed E-state index contributed by atoms with van der Waals surface area (Å²) in [7, 11) is 0. The Labute approximate surface area is 157 Å². The molecular weight excluding hydrogens is 348 g/mol. The Balaban J connectivity index is 1.42. The van der Waals surface area contributed by atoms with E-state index in [1.54, 1.807) is 11.3 Å². The zero-order valence-corrected chi connectivity index (χ0v) is 15.6. The molecule has 0 aliphatic carbocycles. The average molecular weight is 372 g/mol. The standard InChI is InChI=1S/C19H24N4O2S/c24-17(21-15-8-3-4-10-20-18(15)25)13-6-5-11-23(12-13)19-22-14-7-1-2-9-16(14)26-19/h1-2,7,9,13,15H,3-6,8,10-12H2,(H,20,25)(H,21,24). The Hall–Kier alpha value is -2.15. The molecular formula is C19H24N4O2S. The van der Waals surface area contributed by atoms with Crippen LogP contribution in [0, 0.1) is 5.92 Å². The molecule has 7 heteroatoms. The van der Waals surface area contributed by atoms with E-state index in [9.17, 15) is 9.59 Å². The van der Waals surface area contributed by atoms with Gasteiger partial charge in [-0.3, -0.25) is 9.59 Å². The number of para-hydroxylation sites is 1. The maximum atomic E-state index is 12.7. The van der Waals surface area contributed by atoms with Crippen LogP contribution in [0.2, 0.25) is 0 Å². The summed E-state index contributed by atoms with van der Waals surface area (Å²) in [6.45, 7) is 2.30. The molecule has 0 radical (unpaired) electrons. The fourth-order valence-corrected chi connectivity index (χ4v) is 4.73. The number of fused-ring (bicyclic) bond motifs is 1. The number of piperidine rings is 1. The van der Waals surface area contributed by atoms with Crippen LogP contribution in [-0.4, -0.2) is 42.5 Å². The van der Waals surface area contributed by atoms with E-state index in [0.29, 0.717) is 13.1 Å². The monoisotopic (exact) mass is 372 g/mol. The van der Waals surface area contributed by atoms with E-state index in [1.165, 1.54) is 4.70 Å². The van der Waals surface area contributed by atoms with Crippen LogP contribution in [0.15, 0.2) is 24.3 Å². The molecule has 26 heavy (non-hydrogen) atoms. The van der Waals surface area contributed by atoms with Gasteiger partial charge in [-0.25, -0.2) is 4.98 Å². The maximum Gasteiger partial charge on any atom is 0.242 e. The second-order valence-corrected chi connectivity index (χ2v) is 8.11. The number of rotatable bonds is 3. The van der Waals surface area contributed by atoms with Gasteiger partial charge in [-0.15, -0.1) is 0 Å². The molecule has 4 rings (SSSR count). The first kappa shape index (κ1) is 17.3. The molecule has 0 saturated carbocycles.